The molecule has 25 heavy (non-hydrogen) atoms. The number of aryl methyl sites for hydroxylation is 1. The van der Waals surface area contributed by atoms with Crippen LogP contribution in [0.1, 0.15) is 42.1 Å². The van der Waals surface area contributed by atoms with Crippen molar-refractivity contribution in [1.82, 2.24) is 4.72 Å². The largest absolute Gasteiger partial charge is 0.294 e. The number of hydrogen-bond acceptors (Lipinski definition) is 3. The number of Topliss-reactive ketones (excluding diaryl/α,β-unsaturated/α-hetero) is 1. The van der Waals surface area contributed by atoms with Crippen LogP contribution in [0, 0.1) is 0 Å². The first-order chi connectivity index (χ1) is 11.9. The number of ketones is 1. The van der Waals surface area contributed by atoms with Crippen molar-refractivity contribution in [3.8, 4) is 0 Å². The molecule has 0 saturated heterocycles. The summed E-state index contributed by atoms with van der Waals surface area (Å²) in [4.78, 5) is 12.0. The monoisotopic (exact) mass is 379 g/mol. The molecule has 0 radical (unpaired) electrons. The lowest BCUT2D eigenvalue weighted by Crippen LogP contribution is -2.25. The maximum Gasteiger partial charge on any atom is 0.240 e. The quantitative estimate of drug-likeness (QED) is 0.523. The van der Waals surface area contributed by atoms with Crippen molar-refractivity contribution in [3.63, 3.8) is 0 Å². The Hall–Kier alpha value is -1.69. The minimum atomic E-state index is -3.51. The molecule has 0 spiro atoms. The van der Waals surface area contributed by atoms with Gasteiger partial charge in [-0.2, -0.15) is 0 Å². The highest BCUT2D eigenvalue weighted by Crippen LogP contribution is 2.14. The molecule has 0 heterocycles. The predicted molar refractivity (Wildman–Crippen MR) is 101 cm³/mol. The Balaban J connectivity index is 1.82. The van der Waals surface area contributed by atoms with Crippen LogP contribution in [0.15, 0.2) is 53.4 Å². The van der Waals surface area contributed by atoms with Gasteiger partial charge in [-0.25, -0.2) is 13.1 Å². The lowest BCUT2D eigenvalue weighted by Gasteiger charge is -2.07. The van der Waals surface area contributed by atoms with E-state index in [1.54, 1.807) is 12.1 Å². The van der Waals surface area contributed by atoms with Crippen LogP contribution in [0.5, 0.6) is 0 Å². The van der Waals surface area contributed by atoms with Crippen molar-refractivity contribution >= 4 is 27.4 Å². The van der Waals surface area contributed by atoms with Gasteiger partial charge in [-0.05, 0) is 49.1 Å². The van der Waals surface area contributed by atoms with Crippen LogP contribution in [-0.2, 0) is 16.4 Å². The van der Waals surface area contributed by atoms with Gasteiger partial charge in [-0.15, -0.1) is 0 Å². The molecular formula is C19H22ClNO3S. The molecule has 2 aromatic rings. The summed E-state index contributed by atoms with van der Waals surface area (Å²) >= 11 is 5.77. The summed E-state index contributed by atoms with van der Waals surface area (Å²) < 4.78 is 26.9. The second-order valence-electron chi connectivity index (χ2n) is 5.83. The molecule has 0 aliphatic rings. The van der Waals surface area contributed by atoms with Gasteiger partial charge < -0.3 is 0 Å². The third-order valence-corrected chi connectivity index (χ3v) is 5.54. The van der Waals surface area contributed by atoms with Crippen molar-refractivity contribution in [2.45, 2.75) is 37.5 Å². The molecular weight excluding hydrogens is 358 g/mol. The molecule has 2 aromatic carbocycles. The number of nitrogens with one attached hydrogen (secondary N) is 1. The predicted octanol–water partition coefficient (Wildman–Crippen LogP) is 4.23. The molecule has 0 atom stereocenters. The molecule has 1 N–H and O–H groups in total. The zero-order valence-electron chi connectivity index (χ0n) is 14.2. The number of carbonyl (C=O) groups excluding carboxylic acids is 1. The van der Waals surface area contributed by atoms with Crippen LogP contribution in [0.4, 0.5) is 0 Å². The van der Waals surface area contributed by atoms with Gasteiger partial charge in [0.25, 0.3) is 0 Å². The molecule has 2 rings (SSSR count). The molecule has 6 heteroatoms. The molecule has 0 bridgehead atoms. The Morgan fingerprint density at radius 2 is 1.68 bits per heavy atom. The fourth-order valence-corrected chi connectivity index (χ4v) is 3.62. The van der Waals surface area contributed by atoms with E-state index in [0.29, 0.717) is 24.4 Å². The van der Waals surface area contributed by atoms with E-state index in [1.807, 2.05) is 31.2 Å². The molecule has 0 fully saturated rings. The smallest absolute Gasteiger partial charge is 0.240 e. The number of rotatable bonds is 9. The number of carbonyl (C=O) groups is 1. The molecule has 0 saturated carbocycles. The number of benzene rings is 2. The second-order valence-corrected chi connectivity index (χ2v) is 8.03. The fraction of sp³-hybridized carbons (Fsp3) is 0.316. The second kappa shape index (κ2) is 9.13. The van der Waals surface area contributed by atoms with E-state index >= 15 is 0 Å². The Morgan fingerprint density at radius 3 is 2.28 bits per heavy atom. The number of hydrogen-bond donors (Lipinski definition) is 1. The van der Waals surface area contributed by atoms with Crippen LogP contribution < -0.4 is 4.72 Å². The average Bonchev–Trinajstić information content (AvgIpc) is 2.60. The first kappa shape index (κ1) is 19.6. The third-order valence-electron chi connectivity index (χ3n) is 3.81. The normalized spacial score (nSPS) is 11.4. The summed E-state index contributed by atoms with van der Waals surface area (Å²) in [7, 11) is -3.51. The van der Waals surface area contributed by atoms with Gasteiger partial charge in [-0.1, -0.05) is 42.8 Å². The van der Waals surface area contributed by atoms with E-state index in [1.165, 1.54) is 12.1 Å². The maximum absolute atomic E-state index is 12.1. The van der Waals surface area contributed by atoms with Crippen LogP contribution in [-0.4, -0.2) is 20.7 Å². The van der Waals surface area contributed by atoms with Gasteiger partial charge >= 0.3 is 0 Å². The Kier molecular flexibility index (Phi) is 7.17. The zero-order chi connectivity index (χ0) is 18.3. The van der Waals surface area contributed by atoms with Crippen molar-refractivity contribution in [2.24, 2.45) is 0 Å². The van der Waals surface area contributed by atoms with Crippen LogP contribution in [0.3, 0.4) is 0 Å². The van der Waals surface area contributed by atoms with Gasteiger partial charge in [0.2, 0.25) is 10.0 Å². The van der Waals surface area contributed by atoms with E-state index < -0.39 is 10.0 Å². The van der Waals surface area contributed by atoms with E-state index in [-0.39, 0.29) is 10.7 Å². The fourth-order valence-electron chi connectivity index (χ4n) is 2.42. The lowest BCUT2D eigenvalue weighted by molar-refractivity contribution is 0.0981. The van der Waals surface area contributed by atoms with Gasteiger partial charge in [0, 0.05) is 23.6 Å². The summed E-state index contributed by atoms with van der Waals surface area (Å²) in [6.45, 7) is 2.33. The Bertz CT molecular complexity index is 800. The molecule has 0 amide bonds. The number of halogens is 1. The molecule has 0 aliphatic heterocycles. The maximum atomic E-state index is 12.1. The highest BCUT2D eigenvalue weighted by molar-refractivity contribution is 7.89. The van der Waals surface area contributed by atoms with Crippen LogP contribution in [0.25, 0.3) is 0 Å². The van der Waals surface area contributed by atoms with Gasteiger partial charge in [0.1, 0.15) is 0 Å². The van der Waals surface area contributed by atoms with Crippen molar-refractivity contribution in [1.29, 1.82) is 0 Å². The standard InChI is InChI=1S/C19H22ClNO3S/c1-2-4-19(22)16-8-6-15(7-9-16)5-3-14-21-25(23,24)18-12-10-17(20)11-13-18/h6-13,21H,2-5,14H2,1H3. The Labute approximate surface area is 154 Å². The SMILES string of the molecule is CCCC(=O)c1ccc(CCCNS(=O)(=O)c2ccc(Cl)cc2)cc1. The molecule has 0 unspecified atom stereocenters. The van der Waals surface area contributed by atoms with Crippen LogP contribution >= 0.6 is 11.6 Å². The molecule has 4 nitrogen and oxygen atoms in total. The highest BCUT2D eigenvalue weighted by atomic mass is 35.5. The summed E-state index contributed by atoms with van der Waals surface area (Å²) in [5.41, 5.74) is 1.81. The average molecular weight is 380 g/mol. The van der Waals surface area contributed by atoms with Crippen LogP contribution in [0.2, 0.25) is 5.02 Å². The van der Waals surface area contributed by atoms with Crippen molar-refractivity contribution in [3.05, 3.63) is 64.7 Å². The summed E-state index contributed by atoms with van der Waals surface area (Å²) in [5.74, 6) is 0.157. The topological polar surface area (TPSA) is 63.2 Å². The molecule has 0 aliphatic carbocycles. The van der Waals surface area contributed by atoms with E-state index in [0.717, 1.165) is 24.0 Å². The zero-order valence-corrected chi connectivity index (χ0v) is 15.7. The summed E-state index contributed by atoms with van der Waals surface area (Å²) in [6, 6.07) is 13.6. The third kappa shape index (κ3) is 5.96. The van der Waals surface area contributed by atoms with Crippen molar-refractivity contribution < 1.29 is 13.2 Å². The van der Waals surface area contributed by atoms with Gasteiger partial charge in [-0.3, -0.25) is 4.79 Å². The van der Waals surface area contributed by atoms with Crippen molar-refractivity contribution in [2.75, 3.05) is 6.54 Å². The van der Waals surface area contributed by atoms with Gasteiger partial charge in [0.05, 0.1) is 4.90 Å². The lowest BCUT2D eigenvalue weighted by atomic mass is 10.0. The van der Waals surface area contributed by atoms with E-state index in [9.17, 15) is 13.2 Å². The first-order valence-corrected chi connectivity index (χ1v) is 10.2. The minimum Gasteiger partial charge on any atom is -0.294 e. The van der Waals surface area contributed by atoms with E-state index in [4.69, 9.17) is 11.6 Å². The summed E-state index contributed by atoms with van der Waals surface area (Å²) in [5, 5.41) is 0.500. The first-order valence-electron chi connectivity index (χ1n) is 8.30. The highest BCUT2D eigenvalue weighted by Gasteiger charge is 2.12. The minimum absolute atomic E-state index is 0.157. The Morgan fingerprint density at radius 1 is 1.04 bits per heavy atom. The summed E-state index contributed by atoms with van der Waals surface area (Å²) in [6.07, 6.45) is 2.82. The van der Waals surface area contributed by atoms with Gasteiger partial charge in [0.15, 0.2) is 5.78 Å². The molecule has 134 valence electrons. The number of sulfonamides is 1. The molecule has 0 aromatic heterocycles. The van der Waals surface area contributed by atoms with E-state index in [2.05, 4.69) is 4.72 Å².